The van der Waals surface area contributed by atoms with Gasteiger partial charge in [0.2, 0.25) is 0 Å². The second-order valence-corrected chi connectivity index (χ2v) is 5.07. The van der Waals surface area contributed by atoms with Gasteiger partial charge >= 0.3 is 0 Å². The van der Waals surface area contributed by atoms with Crippen LogP contribution in [-0.2, 0) is 6.61 Å². The lowest BCUT2D eigenvalue weighted by Crippen LogP contribution is -2.09. The van der Waals surface area contributed by atoms with Crippen molar-refractivity contribution in [1.82, 2.24) is 0 Å². The molecule has 0 atom stereocenters. The number of hydrogen-bond donors (Lipinski definition) is 1. The normalized spacial score (nSPS) is 10.2. The number of halogens is 1. The van der Waals surface area contributed by atoms with Crippen molar-refractivity contribution in [1.29, 1.82) is 0 Å². The maximum atomic E-state index is 6.08. The number of ether oxygens (including phenoxy) is 1. The predicted octanol–water partition coefficient (Wildman–Crippen LogP) is 3.86. The Kier molecular flexibility index (Phi) is 4.40. The van der Waals surface area contributed by atoms with Crippen LogP contribution in [0, 0.1) is 6.92 Å². The van der Waals surface area contributed by atoms with Gasteiger partial charge < -0.3 is 10.5 Å². The fraction of sp³-hybridized carbons (Fsp3) is 0.133. The first-order valence-electron chi connectivity index (χ1n) is 5.84. The van der Waals surface area contributed by atoms with E-state index in [-0.39, 0.29) is 0 Å². The molecule has 2 aromatic rings. The molecule has 0 aliphatic carbocycles. The molecule has 2 rings (SSSR count). The van der Waals surface area contributed by atoms with Gasteiger partial charge in [-0.25, -0.2) is 0 Å². The quantitative estimate of drug-likeness (QED) is 0.869. The van der Waals surface area contributed by atoms with Crippen molar-refractivity contribution in [3.63, 3.8) is 0 Å². The van der Waals surface area contributed by atoms with Crippen molar-refractivity contribution in [2.45, 2.75) is 13.5 Å². The first kappa shape index (κ1) is 13.8. The van der Waals surface area contributed by atoms with E-state index in [1.165, 1.54) is 0 Å². The van der Waals surface area contributed by atoms with E-state index >= 15 is 0 Å². The van der Waals surface area contributed by atoms with Crippen molar-refractivity contribution < 1.29 is 4.74 Å². The van der Waals surface area contributed by atoms with Gasteiger partial charge in [0.15, 0.2) is 0 Å². The van der Waals surface area contributed by atoms with Crippen molar-refractivity contribution >= 4 is 28.8 Å². The Morgan fingerprint density at radius 1 is 1.26 bits per heavy atom. The second-order valence-electron chi connectivity index (χ2n) is 4.22. The zero-order valence-corrected chi connectivity index (χ0v) is 12.1. The number of benzene rings is 2. The largest absolute Gasteiger partial charge is 0.489 e. The van der Waals surface area contributed by atoms with Gasteiger partial charge in [0.1, 0.15) is 17.3 Å². The van der Waals surface area contributed by atoms with Crippen LogP contribution in [0.5, 0.6) is 5.75 Å². The lowest BCUT2D eigenvalue weighted by molar-refractivity contribution is 0.304. The molecule has 0 aromatic heterocycles. The minimum absolute atomic E-state index is 0.390. The Balaban J connectivity index is 2.12. The molecule has 0 heterocycles. The molecule has 0 fully saturated rings. The lowest BCUT2D eigenvalue weighted by atomic mass is 10.1. The summed E-state index contributed by atoms with van der Waals surface area (Å²) in [6, 6.07) is 13.3. The minimum atomic E-state index is 0.390. The van der Waals surface area contributed by atoms with Gasteiger partial charge in [-0.2, -0.15) is 0 Å². The summed E-state index contributed by atoms with van der Waals surface area (Å²) in [5, 5.41) is 0.708. The second kappa shape index (κ2) is 6.04. The van der Waals surface area contributed by atoms with Gasteiger partial charge in [0.25, 0.3) is 0 Å². The van der Waals surface area contributed by atoms with Crippen LogP contribution in [-0.4, -0.2) is 4.99 Å². The Morgan fingerprint density at radius 3 is 2.63 bits per heavy atom. The van der Waals surface area contributed by atoms with E-state index in [0.717, 1.165) is 22.4 Å². The van der Waals surface area contributed by atoms with E-state index in [9.17, 15) is 0 Å². The molecule has 2 nitrogen and oxygen atoms in total. The molecule has 0 saturated carbocycles. The molecule has 0 aliphatic rings. The van der Waals surface area contributed by atoms with Crippen LogP contribution >= 0.6 is 23.8 Å². The molecular formula is C15H14ClNOS. The van der Waals surface area contributed by atoms with E-state index in [1.54, 1.807) is 0 Å². The summed E-state index contributed by atoms with van der Waals surface area (Å²) >= 11 is 11.0. The van der Waals surface area contributed by atoms with Crippen LogP contribution in [0.4, 0.5) is 0 Å². The van der Waals surface area contributed by atoms with Crippen LogP contribution in [0.2, 0.25) is 5.02 Å². The Labute approximate surface area is 123 Å². The average molecular weight is 292 g/mol. The third-order valence-electron chi connectivity index (χ3n) is 2.80. The van der Waals surface area contributed by atoms with Crippen LogP contribution in [0.3, 0.4) is 0 Å². The standard InChI is InChI=1S/C15H14ClNOS/c1-10-8-11(15(17)19)6-7-14(10)18-9-12-4-2-3-5-13(12)16/h2-8H,9H2,1H3,(H2,17,19). The van der Waals surface area contributed by atoms with Crippen molar-refractivity contribution in [2.75, 3.05) is 0 Å². The van der Waals surface area contributed by atoms with E-state index in [1.807, 2.05) is 49.4 Å². The highest BCUT2D eigenvalue weighted by molar-refractivity contribution is 7.80. The minimum Gasteiger partial charge on any atom is -0.489 e. The summed E-state index contributed by atoms with van der Waals surface area (Å²) in [6.07, 6.45) is 0. The number of hydrogen-bond acceptors (Lipinski definition) is 2. The molecule has 0 aliphatic heterocycles. The molecule has 0 amide bonds. The first-order valence-corrected chi connectivity index (χ1v) is 6.63. The zero-order valence-electron chi connectivity index (χ0n) is 10.5. The smallest absolute Gasteiger partial charge is 0.122 e. The molecule has 2 aromatic carbocycles. The molecule has 0 radical (unpaired) electrons. The van der Waals surface area contributed by atoms with Crippen LogP contribution in [0.1, 0.15) is 16.7 Å². The van der Waals surface area contributed by atoms with Gasteiger partial charge in [-0.15, -0.1) is 0 Å². The molecule has 0 saturated heterocycles. The van der Waals surface area contributed by atoms with Gasteiger partial charge in [0, 0.05) is 16.1 Å². The highest BCUT2D eigenvalue weighted by Crippen LogP contribution is 2.22. The molecular weight excluding hydrogens is 278 g/mol. The molecule has 0 bridgehead atoms. The summed E-state index contributed by atoms with van der Waals surface area (Å²) in [6.45, 7) is 2.40. The molecule has 4 heteroatoms. The Bertz CT molecular complexity index is 613. The van der Waals surface area contributed by atoms with Crippen LogP contribution in [0.15, 0.2) is 42.5 Å². The van der Waals surface area contributed by atoms with Crippen molar-refractivity contribution in [2.24, 2.45) is 5.73 Å². The fourth-order valence-corrected chi connectivity index (χ4v) is 2.05. The zero-order chi connectivity index (χ0) is 13.8. The van der Waals surface area contributed by atoms with E-state index in [0.29, 0.717) is 16.6 Å². The summed E-state index contributed by atoms with van der Waals surface area (Å²) in [5.41, 5.74) is 8.39. The third kappa shape index (κ3) is 3.46. The number of rotatable bonds is 4. The number of aryl methyl sites for hydroxylation is 1. The summed E-state index contributed by atoms with van der Waals surface area (Å²) in [4.78, 5) is 0.390. The van der Waals surface area contributed by atoms with Crippen LogP contribution in [0.25, 0.3) is 0 Å². The molecule has 19 heavy (non-hydrogen) atoms. The van der Waals surface area contributed by atoms with Gasteiger partial charge in [0.05, 0.1) is 0 Å². The van der Waals surface area contributed by atoms with E-state index in [4.69, 9.17) is 34.3 Å². The summed E-state index contributed by atoms with van der Waals surface area (Å²) in [7, 11) is 0. The highest BCUT2D eigenvalue weighted by Gasteiger charge is 2.05. The van der Waals surface area contributed by atoms with Gasteiger partial charge in [-0.3, -0.25) is 0 Å². The Morgan fingerprint density at radius 2 is 2.00 bits per heavy atom. The van der Waals surface area contributed by atoms with Crippen molar-refractivity contribution in [3.8, 4) is 5.75 Å². The average Bonchev–Trinajstić information content (AvgIpc) is 2.39. The maximum Gasteiger partial charge on any atom is 0.122 e. The summed E-state index contributed by atoms with van der Waals surface area (Å²) < 4.78 is 5.77. The summed E-state index contributed by atoms with van der Waals surface area (Å²) in [5.74, 6) is 0.805. The molecule has 98 valence electrons. The van der Waals surface area contributed by atoms with Gasteiger partial charge in [-0.1, -0.05) is 42.0 Å². The highest BCUT2D eigenvalue weighted by atomic mass is 35.5. The SMILES string of the molecule is Cc1cc(C(N)=S)ccc1OCc1ccccc1Cl. The maximum absolute atomic E-state index is 6.08. The molecule has 2 N–H and O–H groups in total. The van der Waals surface area contributed by atoms with Gasteiger partial charge in [-0.05, 0) is 36.8 Å². The molecule has 0 spiro atoms. The number of thiocarbonyl (C=S) groups is 1. The fourth-order valence-electron chi connectivity index (χ4n) is 1.74. The first-order chi connectivity index (χ1) is 9.08. The third-order valence-corrected chi connectivity index (χ3v) is 3.40. The monoisotopic (exact) mass is 291 g/mol. The Hall–Kier alpha value is -1.58. The van der Waals surface area contributed by atoms with Crippen molar-refractivity contribution in [3.05, 3.63) is 64.2 Å². The topological polar surface area (TPSA) is 35.2 Å². The number of nitrogens with two attached hydrogens (primary N) is 1. The lowest BCUT2D eigenvalue weighted by Gasteiger charge is -2.11. The predicted molar refractivity (Wildman–Crippen MR) is 82.9 cm³/mol. The molecule has 0 unspecified atom stereocenters. The van der Waals surface area contributed by atoms with E-state index < -0.39 is 0 Å². The van der Waals surface area contributed by atoms with E-state index in [2.05, 4.69) is 0 Å². The van der Waals surface area contributed by atoms with Crippen LogP contribution < -0.4 is 10.5 Å².